The predicted octanol–water partition coefficient (Wildman–Crippen LogP) is -1.70. The van der Waals surface area contributed by atoms with Gasteiger partial charge in [-0.05, 0) is 18.2 Å². The van der Waals surface area contributed by atoms with Gasteiger partial charge >= 0.3 is 36.9 Å². The molecule has 0 aliphatic heterocycles. The fraction of sp³-hybridized carbons (Fsp3) is 0.250. The summed E-state index contributed by atoms with van der Waals surface area (Å²) in [6.07, 6.45) is 18.9. The lowest BCUT2D eigenvalue weighted by molar-refractivity contribution is -0.982. The van der Waals surface area contributed by atoms with Gasteiger partial charge in [0.25, 0.3) is 17.0 Å². The van der Waals surface area contributed by atoms with Gasteiger partial charge in [0, 0.05) is 18.2 Å². The van der Waals surface area contributed by atoms with Crippen LogP contribution in [0.5, 0.6) is 0 Å². The molecule has 1 aromatic heterocycles. The van der Waals surface area contributed by atoms with Crippen molar-refractivity contribution in [1.29, 1.82) is 0 Å². The van der Waals surface area contributed by atoms with Crippen LogP contribution < -0.4 is 30.9 Å². The van der Waals surface area contributed by atoms with E-state index in [1.807, 2.05) is 0 Å². The molecule has 4 rings (SSSR count). The lowest BCUT2D eigenvalue weighted by Crippen LogP contribution is -2.77. The maximum absolute atomic E-state index is 11.3. The van der Waals surface area contributed by atoms with Crippen molar-refractivity contribution in [2.45, 2.75) is 36.3 Å². The van der Waals surface area contributed by atoms with E-state index < -0.39 is 34.9 Å². The number of aromatic nitrogens is 3. The first-order valence-corrected chi connectivity index (χ1v) is 11.0. The molecule has 12 heteroatoms. The Hall–Kier alpha value is -4.26. The van der Waals surface area contributed by atoms with Crippen LogP contribution in [0.3, 0.4) is 0 Å². The Kier molecular flexibility index (Phi) is 6.04. The van der Waals surface area contributed by atoms with E-state index >= 15 is 0 Å². The van der Waals surface area contributed by atoms with E-state index in [4.69, 9.17) is 17.2 Å². The largest absolute Gasteiger partial charge is 0.478 e. The third kappa shape index (κ3) is 4.52. The highest BCUT2D eigenvalue weighted by Crippen LogP contribution is 2.22. The van der Waals surface area contributed by atoms with Crippen LogP contribution in [-0.4, -0.2) is 33.2 Å². The minimum Gasteiger partial charge on any atom is -0.478 e. The summed E-state index contributed by atoms with van der Waals surface area (Å²) in [5.74, 6) is -3.21. The summed E-state index contributed by atoms with van der Waals surface area (Å²) in [7, 11) is 0. The predicted molar refractivity (Wildman–Crippen MR) is 122 cm³/mol. The van der Waals surface area contributed by atoms with Crippen molar-refractivity contribution < 1.29 is 43.4 Å². The molecule has 0 saturated carbocycles. The van der Waals surface area contributed by atoms with Crippen LogP contribution >= 0.6 is 0 Å². The molecule has 0 bridgehead atoms. The number of carboxylic acids is 3. The van der Waals surface area contributed by atoms with E-state index in [-0.39, 0.29) is 36.0 Å². The van der Waals surface area contributed by atoms with Gasteiger partial charge in [-0.2, -0.15) is 0 Å². The Morgan fingerprint density at radius 3 is 1.00 bits per heavy atom. The Morgan fingerprint density at radius 1 is 0.583 bits per heavy atom. The fourth-order valence-electron chi connectivity index (χ4n) is 4.12. The molecule has 186 valence electrons. The highest BCUT2D eigenvalue weighted by atomic mass is 16.4. The van der Waals surface area contributed by atoms with Crippen molar-refractivity contribution in [3.8, 4) is 0 Å². The number of carbonyl (C=O) groups is 3. The third-order valence-corrected chi connectivity index (χ3v) is 6.53. The molecule has 0 amide bonds. The third-order valence-electron chi connectivity index (χ3n) is 6.53. The van der Waals surface area contributed by atoms with Gasteiger partial charge < -0.3 is 15.3 Å². The van der Waals surface area contributed by atoms with Crippen LogP contribution in [0, 0.1) is 0 Å². The number of carboxylic acid groups (broad SMARTS) is 3. The summed E-state index contributed by atoms with van der Waals surface area (Å²) in [6, 6.07) is 0. The van der Waals surface area contributed by atoms with Gasteiger partial charge in [-0.25, -0.2) is 14.4 Å². The van der Waals surface area contributed by atoms with Crippen LogP contribution in [0.2, 0.25) is 0 Å². The molecule has 9 N–H and O–H groups in total. The van der Waals surface area contributed by atoms with Gasteiger partial charge in [0.15, 0.2) is 0 Å². The lowest BCUT2D eigenvalue weighted by atomic mass is 9.95. The van der Waals surface area contributed by atoms with E-state index in [1.165, 1.54) is 36.5 Å². The van der Waals surface area contributed by atoms with E-state index in [1.54, 1.807) is 50.9 Å². The zero-order chi connectivity index (χ0) is 26.3. The maximum atomic E-state index is 11.3. The average Bonchev–Trinajstić information content (AvgIpc) is 2.84. The van der Waals surface area contributed by atoms with Crippen molar-refractivity contribution in [2.75, 3.05) is 0 Å². The zero-order valence-electron chi connectivity index (χ0n) is 19.2. The van der Waals surface area contributed by atoms with E-state index in [0.717, 1.165) is 0 Å². The van der Waals surface area contributed by atoms with E-state index in [9.17, 15) is 29.7 Å². The number of hydrogen-bond donors (Lipinski definition) is 6. The summed E-state index contributed by atoms with van der Waals surface area (Å²) in [6.45, 7) is 0. The molecule has 0 aromatic carbocycles. The first kappa shape index (κ1) is 24.9. The Morgan fingerprint density at radius 2 is 0.833 bits per heavy atom. The van der Waals surface area contributed by atoms with Crippen molar-refractivity contribution in [2.24, 2.45) is 17.2 Å². The van der Waals surface area contributed by atoms with Gasteiger partial charge in [0.1, 0.15) is 0 Å². The molecule has 36 heavy (non-hydrogen) atoms. The van der Waals surface area contributed by atoms with Gasteiger partial charge in [-0.1, -0.05) is 31.9 Å². The van der Waals surface area contributed by atoms with Crippen molar-refractivity contribution in [3.05, 3.63) is 90.4 Å². The SMILES string of the molecule is NC1([n+]2c[n+](C3(N)C=CC(C(=O)O)=CC3)c[n+](C3(N)C=CC(C(=O)O)=CC3)c2)C=CC(C(=O)O)=CC1. The summed E-state index contributed by atoms with van der Waals surface area (Å²) in [5.41, 5.74) is 16.8. The van der Waals surface area contributed by atoms with Crippen LogP contribution in [0.15, 0.2) is 90.4 Å². The fourth-order valence-corrected chi connectivity index (χ4v) is 4.12. The Bertz CT molecular complexity index is 1180. The molecule has 3 unspecified atom stereocenters. The van der Waals surface area contributed by atoms with E-state index in [2.05, 4.69) is 0 Å². The highest BCUT2D eigenvalue weighted by molar-refractivity contribution is 5.91. The van der Waals surface area contributed by atoms with Gasteiger partial charge in [0.05, 0.1) is 36.0 Å². The Labute approximate surface area is 205 Å². The second-order valence-electron chi connectivity index (χ2n) is 9.05. The number of aliphatic carboxylic acids is 3. The molecule has 0 fully saturated rings. The van der Waals surface area contributed by atoms with Gasteiger partial charge in [-0.15, -0.1) is 0 Å². The minimum absolute atomic E-state index is 0.113. The number of hydrogen-bond acceptors (Lipinski definition) is 6. The molecule has 3 aliphatic carbocycles. The van der Waals surface area contributed by atoms with Crippen LogP contribution in [-0.2, 0) is 31.4 Å². The standard InChI is InChI=1S/C24H24N6O6/c25-22(7-1-16(2-8-22)19(31)32)28-13-29(23(26)9-3-17(4-10-23)20(33)34)15-30(14-28)24(27)11-5-18(6-12-24)21(35)36/h1-7,9,11,13-15H,8,10,12,25-27H2/p+3. The molecular weight excluding hydrogens is 468 g/mol. The number of nitrogens with two attached hydrogens (primary N) is 3. The maximum Gasteiger partial charge on any atom is 0.420 e. The molecule has 0 saturated heterocycles. The molecule has 12 nitrogen and oxygen atoms in total. The molecular formula is C24H27N6O6+3. The van der Waals surface area contributed by atoms with Gasteiger partial charge in [0.2, 0.25) is 0 Å². The van der Waals surface area contributed by atoms with Crippen molar-refractivity contribution in [1.82, 2.24) is 0 Å². The molecule has 3 aliphatic rings. The summed E-state index contributed by atoms with van der Waals surface area (Å²) in [4.78, 5) is 34.0. The summed E-state index contributed by atoms with van der Waals surface area (Å²) in [5, 5.41) is 27.8. The molecule has 3 atom stereocenters. The second-order valence-corrected chi connectivity index (χ2v) is 9.05. The smallest absolute Gasteiger partial charge is 0.420 e. The van der Waals surface area contributed by atoms with Gasteiger partial charge in [-0.3, -0.25) is 17.2 Å². The second kappa shape index (κ2) is 8.75. The molecule has 1 heterocycles. The number of rotatable bonds is 6. The quantitative estimate of drug-likeness (QED) is 0.249. The minimum atomic E-state index is -1.17. The van der Waals surface area contributed by atoms with Crippen LogP contribution in [0.1, 0.15) is 19.3 Å². The number of nitrogens with zero attached hydrogens (tertiary/aromatic N) is 3. The summed E-state index contributed by atoms with van der Waals surface area (Å²) >= 11 is 0. The van der Waals surface area contributed by atoms with Crippen LogP contribution in [0.25, 0.3) is 0 Å². The summed E-state index contributed by atoms with van der Waals surface area (Å²) < 4.78 is 4.91. The van der Waals surface area contributed by atoms with Crippen LogP contribution in [0.4, 0.5) is 0 Å². The topological polar surface area (TPSA) is 202 Å². The average molecular weight is 496 g/mol. The normalized spacial score (nSPS) is 29.2. The monoisotopic (exact) mass is 495 g/mol. The van der Waals surface area contributed by atoms with Crippen molar-refractivity contribution in [3.63, 3.8) is 0 Å². The highest BCUT2D eigenvalue weighted by Gasteiger charge is 2.47. The molecule has 0 radical (unpaired) electrons. The lowest BCUT2D eigenvalue weighted by Gasteiger charge is -2.25. The first-order valence-electron chi connectivity index (χ1n) is 11.0. The molecule has 0 spiro atoms. The van der Waals surface area contributed by atoms with E-state index in [0.29, 0.717) is 0 Å². The molecule has 1 aromatic rings. The Balaban J connectivity index is 1.81. The first-order chi connectivity index (χ1) is 16.9. The zero-order valence-corrected chi connectivity index (χ0v) is 19.2. The van der Waals surface area contributed by atoms with Crippen molar-refractivity contribution >= 4 is 17.9 Å².